The Hall–Kier alpha value is -4.13. The van der Waals surface area contributed by atoms with E-state index in [1.165, 1.54) is 26.4 Å². The minimum Gasteiger partial charge on any atom is -0.496 e. The van der Waals surface area contributed by atoms with Gasteiger partial charge in [0.05, 0.1) is 25.3 Å². The van der Waals surface area contributed by atoms with E-state index in [-0.39, 0.29) is 23.5 Å². The Balaban J connectivity index is 1.88. The summed E-state index contributed by atoms with van der Waals surface area (Å²) in [7, 11) is 2.85. The summed E-state index contributed by atoms with van der Waals surface area (Å²) in [5.74, 6) is -1.58. The Morgan fingerprint density at radius 3 is 1.91 bits per heavy atom. The highest BCUT2D eigenvalue weighted by atomic mass is 16.5. The van der Waals surface area contributed by atoms with E-state index in [2.05, 4.69) is 5.32 Å². The molecule has 1 amide bonds. The van der Waals surface area contributed by atoms with Crippen molar-refractivity contribution in [3.05, 3.63) is 95.6 Å². The molecule has 0 aliphatic rings. The Morgan fingerprint density at radius 1 is 0.750 bits per heavy atom. The number of nitrogens with one attached hydrogen (secondary N) is 1. The van der Waals surface area contributed by atoms with Crippen molar-refractivity contribution in [3.63, 3.8) is 0 Å². The number of methoxy groups -OCH3 is 2. The molecule has 1 N–H and O–H groups in total. The van der Waals surface area contributed by atoms with Crippen molar-refractivity contribution >= 4 is 17.7 Å². The van der Waals surface area contributed by atoms with E-state index in [9.17, 15) is 14.4 Å². The fourth-order valence-corrected chi connectivity index (χ4v) is 3.09. The lowest BCUT2D eigenvalue weighted by molar-refractivity contribution is -0.145. The topological polar surface area (TPSA) is 90.9 Å². The first-order chi connectivity index (χ1) is 15.5. The van der Waals surface area contributed by atoms with Crippen molar-refractivity contribution in [2.75, 3.05) is 14.2 Å². The molecule has 3 aromatic rings. The van der Waals surface area contributed by atoms with Crippen LogP contribution in [0.3, 0.4) is 0 Å². The maximum absolute atomic E-state index is 13.3. The molecule has 0 radical (unpaired) electrons. The summed E-state index contributed by atoms with van der Waals surface area (Å²) < 4.78 is 15.8. The van der Waals surface area contributed by atoms with Crippen LogP contribution in [0.5, 0.6) is 11.5 Å². The van der Waals surface area contributed by atoms with Crippen LogP contribution < -0.4 is 14.8 Å². The van der Waals surface area contributed by atoms with Crippen LogP contribution in [0.25, 0.3) is 0 Å². The summed E-state index contributed by atoms with van der Waals surface area (Å²) in [6.07, 6.45) is 0. The van der Waals surface area contributed by atoms with E-state index < -0.39 is 23.7 Å². The Labute approximate surface area is 185 Å². The Morgan fingerprint density at radius 2 is 1.28 bits per heavy atom. The number of carbonyl (C=O) groups excluding carboxylic acids is 3. The molecule has 0 fully saturated rings. The lowest BCUT2D eigenvalue weighted by Gasteiger charge is -2.19. The number of Topliss-reactive ketones (excluding diaryl/α,β-unsaturated/α-hetero) is 1. The number of ketones is 1. The number of benzene rings is 3. The maximum Gasteiger partial charge on any atom is 0.337 e. The smallest absolute Gasteiger partial charge is 0.337 e. The third-order valence-corrected chi connectivity index (χ3v) is 4.72. The van der Waals surface area contributed by atoms with Gasteiger partial charge in [0.1, 0.15) is 18.1 Å². The van der Waals surface area contributed by atoms with Gasteiger partial charge in [0, 0.05) is 0 Å². The molecule has 1 atom stereocenters. The molecule has 7 heteroatoms. The van der Waals surface area contributed by atoms with Gasteiger partial charge in [-0.15, -0.1) is 0 Å². The van der Waals surface area contributed by atoms with Crippen LogP contribution in [0, 0.1) is 0 Å². The van der Waals surface area contributed by atoms with Crippen LogP contribution in [0.1, 0.15) is 26.3 Å². The fourth-order valence-electron chi connectivity index (χ4n) is 3.09. The van der Waals surface area contributed by atoms with E-state index in [0.717, 1.165) is 5.56 Å². The van der Waals surface area contributed by atoms with E-state index >= 15 is 0 Å². The maximum atomic E-state index is 13.3. The molecule has 0 aromatic heterocycles. The Bertz CT molecular complexity index is 1100. The molecule has 0 heterocycles. The normalized spacial score (nSPS) is 11.2. The summed E-state index contributed by atoms with van der Waals surface area (Å²) in [6.45, 7) is -0.0418. The van der Waals surface area contributed by atoms with Crippen LogP contribution in [-0.4, -0.2) is 37.9 Å². The predicted molar refractivity (Wildman–Crippen MR) is 118 cm³/mol. The van der Waals surface area contributed by atoms with E-state index in [1.54, 1.807) is 48.5 Å². The third-order valence-electron chi connectivity index (χ3n) is 4.72. The van der Waals surface area contributed by atoms with Gasteiger partial charge < -0.3 is 19.5 Å². The van der Waals surface area contributed by atoms with Gasteiger partial charge in [0.15, 0.2) is 11.8 Å². The summed E-state index contributed by atoms with van der Waals surface area (Å²) >= 11 is 0. The van der Waals surface area contributed by atoms with Crippen LogP contribution in [0.2, 0.25) is 0 Å². The molecule has 3 rings (SSSR count). The minimum atomic E-state index is -1.58. The van der Waals surface area contributed by atoms with Gasteiger partial charge in [0.2, 0.25) is 0 Å². The molecule has 0 bridgehead atoms. The zero-order chi connectivity index (χ0) is 22.9. The van der Waals surface area contributed by atoms with Gasteiger partial charge >= 0.3 is 5.97 Å². The monoisotopic (exact) mass is 433 g/mol. The van der Waals surface area contributed by atoms with Gasteiger partial charge in [0.25, 0.3) is 5.91 Å². The molecule has 0 saturated heterocycles. The summed E-state index contributed by atoms with van der Waals surface area (Å²) in [5, 5.41) is 2.50. The van der Waals surface area contributed by atoms with Gasteiger partial charge in [-0.3, -0.25) is 9.59 Å². The van der Waals surface area contributed by atoms with Crippen molar-refractivity contribution < 1.29 is 28.6 Å². The zero-order valence-electron chi connectivity index (χ0n) is 17.7. The molecular weight excluding hydrogens is 410 g/mol. The molecule has 0 aliphatic heterocycles. The Kier molecular flexibility index (Phi) is 7.59. The highest BCUT2D eigenvalue weighted by Gasteiger charge is 2.33. The number of esters is 1. The average Bonchev–Trinajstić information content (AvgIpc) is 2.85. The molecule has 1 unspecified atom stereocenters. The fraction of sp³-hybridized carbons (Fsp3) is 0.160. The van der Waals surface area contributed by atoms with Gasteiger partial charge in [-0.25, -0.2) is 4.79 Å². The summed E-state index contributed by atoms with van der Waals surface area (Å²) in [6, 6.07) is 20.4. The zero-order valence-corrected chi connectivity index (χ0v) is 17.7. The quantitative estimate of drug-likeness (QED) is 0.316. The number of para-hydroxylation sites is 2. The second-order valence-electron chi connectivity index (χ2n) is 6.76. The molecule has 164 valence electrons. The lowest BCUT2D eigenvalue weighted by Crippen LogP contribution is -2.47. The van der Waals surface area contributed by atoms with Crippen molar-refractivity contribution in [2.45, 2.75) is 12.6 Å². The van der Waals surface area contributed by atoms with E-state index in [0.29, 0.717) is 5.75 Å². The van der Waals surface area contributed by atoms with Crippen molar-refractivity contribution in [2.24, 2.45) is 0 Å². The second-order valence-corrected chi connectivity index (χ2v) is 6.76. The standard InChI is InChI=1S/C25H23NO6/c1-30-20-14-8-6-12-18(20)23(27)22(25(29)32-16-17-10-4-3-5-11-17)26-24(28)19-13-7-9-15-21(19)31-2/h3-15,22H,16H2,1-2H3,(H,26,28). The van der Waals surface area contributed by atoms with Gasteiger partial charge in [-0.1, -0.05) is 54.6 Å². The van der Waals surface area contributed by atoms with Crippen LogP contribution >= 0.6 is 0 Å². The van der Waals surface area contributed by atoms with Crippen LogP contribution in [0.4, 0.5) is 0 Å². The molecule has 32 heavy (non-hydrogen) atoms. The van der Waals surface area contributed by atoms with Crippen molar-refractivity contribution in [1.29, 1.82) is 0 Å². The number of ether oxygens (including phenoxy) is 3. The molecule has 7 nitrogen and oxygen atoms in total. The second kappa shape index (κ2) is 10.8. The molecule has 0 aliphatic carbocycles. The first-order valence-electron chi connectivity index (χ1n) is 9.86. The average molecular weight is 433 g/mol. The van der Waals surface area contributed by atoms with Gasteiger partial charge in [-0.05, 0) is 29.8 Å². The predicted octanol–water partition coefficient (Wildman–Crippen LogP) is 3.43. The first kappa shape index (κ1) is 22.6. The third kappa shape index (κ3) is 5.31. The van der Waals surface area contributed by atoms with Crippen molar-refractivity contribution in [1.82, 2.24) is 5.32 Å². The summed E-state index contributed by atoms with van der Waals surface area (Å²) in [4.78, 5) is 39.1. The van der Waals surface area contributed by atoms with Crippen LogP contribution in [-0.2, 0) is 16.1 Å². The van der Waals surface area contributed by atoms with E-state index in [4.69, 9.17) is 14.2 Å². The van der Waals surface area contributed by atoms with E-state index in [1.807, 2.05) is 18.2 Å². The highest BCUT2D eigenvalue weighted by molar-refractivity contribution is 6.16. The molecule has 0 spiro atoms. The largest absolute Gasteiger partial charge is 0.496 e. The molecule has 0 saturated carbocycles. The number of rotatable bonds is 9. The SMILES string of the molecule is COc1ccccc1C(=O)NC(C(=O)OCc1ccccc1)C(=O)c1ccccc1OC. The lowest BCUT2D eigenvalue weighted by atomic mass is 10.0. The van der Waals surface area contributed by atoms with Crippen molar-refractivity contribution in [3.8, 4) is 11.5 Å². The number of amides is 1. The number of hydrogen-bond acceptors (Lipinski definition) is 6. The highest BCUT2D eigenvalue weighted by Crippen LogP contribution is 2.21. The first-order valence-corrected chi connectivity index (χ1v) is 9.86. The molecular formula is C25H23NO6. The molecule has 3 aromatic carbocycles. The minimum absolute atomic E-state index is 0.0418. The number of hydrogen-bond donors (Lipinski definition) is 1. The van der Waals surface area contributed by atoms with Gasteiger partial charge in [-0.2, -0.15) is 0 Å². The van der Waals surface area contributed by atoms with Crippen LogP contribution in [0.15, 0.2) is 78.9 Å². The summed E-state index contributed by atoms with van der Waals surface area (Å²) in [5.41, 5.74) is 1.08. The number of carbonyl (C=O) groups is 3.